The lowest BCUT2D eigenvalue weighted by Crippen LogP contribution is -2.08. The van der Waals surface area contributed by atoms with Gasteiger partial charge in [0.15, 0.2) is 0 Å². The Kier molecular flexibility index (Phi) is 3.93. The minimum atomic E-state index is 0.590. The first kappa shape index (κ1) is 11.9. The van der Waals surface area contributed by atoms with E-state index in [-0.39, 0.29) is 0 Å². The maximum Gasteiger partial charge on any atom is 0.130 e. The smallest absolute Gasteiger partial charge is 0.130 e. The molecule has 0 bridgehead atoms. The summed E-state index contributed by atoms with van der Waals surface area (Å²) >= 11 is 3.48. The summed E-state index contributed by atoms with van der Waals surface area (Å²) in [5.74, 6) is 0.791. The summed E-state index contributed by atoms with van der Waals surface area (Å²) in [5.41, 5.74) is 7.18. The Morgan fingerprint density at radius 1 is 1.18 bits per heavy atom. The molecule has 0 radical (unpaired) electrons. The fourth-order valence-corrected chi connectivity index (χ4v) is 1.83. The molecule has 3 N–H and O–H groups in total. The molecule has 0 saturated carbocycles. The van der Waals surface area contributed by atoms with E-state index >= 15 is 0 Å². The summed E-state index contributed by atoms with van der Waals surface area (Å²) in [6.45, 7) is 0.784. The Hall–Kier alpha value is -1.62. The third-order valence-corrected chi connectivity index (χ3v) is 2.95. The minimum Gasteiger partial charge on any atom is -0.396 e. The van der Waals surface area contributed by atoms with E-state index < -0.39 is 0 Å². The molecular formula is C12H13BrN4. The Morgan fingerprint density at radius 2 is 1.88 bits per heavy atom. The Morgan fingerprint density at radius 3 is 2.59 bits per heavy atom. The fraction of sp³-hybridized carbons (Fsp3) is 0.167. The van der Waals surface area contributed by atoms with Gasteiger partial charge in [-0.25, -0.2) is 9.97 Å². The number of halogens is 1. The van der Waals surface area contributed by atoms with Gasteiger partial charge in [-0.2, -0.15) is 0 Å². The van der Waals surface area contributed by atoms with Crippen molar-refractivity contribution < 1.29 is 0 Å². The molecule has 2 aromatic rings. The molecule has 0 unspecified atom stereocenters. The van der Waals surface area contributed by atoms with Gasteiger partial charge in [-0.3, -0.25) is 0 Å². The predicted octanol–water partition coefficient (Wildman–Crippen LogP) is 2.48. The predicted molar refractivity (Wildman–Crippen MR) is 72.8 cm³/mol. The van der Waals surface area contributed by atoms with Crippen LogP contribution in [0.25, 0.3) is 0 Å². The van der Waals surface area contributed by atoms with E-state index in [1.54, 1.807) is 12.4 Å². The molecule has 5 heteroatoms. The van der Waals surface area contributed by atoms with Gasteiger partial charge >= 0.3 is 0 Å². The number of nitrogens with two attached hydrogens (primary N) is 1. The number of anilines is 2. The van der Waals surface area contributed by atoms with Gasteiger partial charge in [0.25, 0.3) is 0 Å². The first-order valence-electron chi connectivity index (χ1n) is 5.30. The van der Waals surface area contributed by atoms with E-state index in [0.29, 0.717) is 5.69 Å². The Balaban J connectivity index is 1.88. The molecule has 88 valence electrons. The van der Waals surface area contributed by atoms with Crippen molar-refractivity contribution in [3.63, 3.8) is 0 Å². The minimum absolute atomic E-state index is 0.590. The zero-order chi connectivity index (χ0) is 12.1. The number of aromatic nitrogens is 2. The summed E-state index contributed by atoms with van der Waals surface area (Å²) in [4.78, 5) is 8.29. The topological polar surface area (TPSA) is 63.8 Å². The molecule has 1 aromatic carbocycles. The lowest BCUT2D eigenvalue weighted by Gasteiger charge is -2.07. The summed E-state index contributed by atoms with van der Waals surface area (Å²) in [5, 5.41) is 3.32. The average molecular weight is 293 g/mol. The zero-order valence-electron chi connectivity index (χ0n) is 9.23. The highest BCUT2D eigenvalue weighted by atomic mass is 79.9. The van der Waals surface area contributed by atoms with Crippen LogP contribution in [0, 0.1) is 0 Å². The second-order valence-corrected chi connectivity index (χ2v) is 4.44. The van der Waals surface area contributed by atoms with Crippen LogP contribution in [0.2, 0.25) is 0 Å². The zero-order valence-corrected chi connectivity index (χ0v) is 10.8. The average Bonchev–Trinajstić information content (AvgIpc) is 2.34. The highest BCUT2D eigenvalue weighted by Crippen LogP contribution is 2.20. The number of hydrogen-bond donors (Lipinski definition) is 2. The van der Waals surface area contributed by atoms with Gasteiger partial charge in [0.05, 0.1) is 18.1 Å². The van der Waals surface area contributed by atoms with Crippen molar-refractivity contribution in [2.75, 3.05) is 17.6 Å². The second kappa shape index (κ2) is 5.63. The molecule has 0 atom stereocenters. The van der Waals surface area contributed by atoms with Gasteiger partial charge < -0.3 is 11.1 Å². The first-order chi connectivity index (χ1) is 8.25. The SMILES string of the molecule is Nc1cnc(CCNc2ccccc2Br)nc1. The van der Waals surface area contributed by atoms with Crippen molar-refractivity contribution in [3.8, 4) is 0 Å². The van der Waals surface area contributed by atoms with E-state index in [1.807, 2.05) is 24.3 Å². The molecule has 0 aliphatic rings. The molecule has 0 saturated heterocycles. The Bertz CT molecular complexity index is 484. The number of rotatable bonds is 4. The van der Waals surface area contributed by atoms with E-state index in [2.05, 4.69) is 31.2 Å². The van der Waals surface area contributed by atoms with Crippen LogP contribution in [0.5, 0.6) is 0 Å². The molecule has 0 amide bonds. The van der Waals surface area contributed by atoms with E-state index in [4.69, 9.17) is 5.73 Å². The van der Waals surface area contributed by atoms with Gasteiger partial charge in [-0.05, 0) is 28.1 Å². The van der Waals surface area contributed by atoms with Crippen LogP contribution in [0.15, 0.2) is 41.1 Å². The van der Waals surface area contributed by atoms with Crippen LogP contribution >= 0.6 is 15.9 Å². The lowest BCUT2D eigenvalue weighted by atomic mass is 10.3. The van der Waals surface area contributed by atoms with Crippen LogP contribution < -0.4 is 11.1 Å². The molecule has 1 heterocycles. The number of nitrogens with one attached hydrogen (secondary N) is 1. The van der Waals surface area contributed by atoms with Gasteiger partial charge in [-0.15, -0.1) is 0 Å². The first-order valence-corrected chi connectivity index (χ1v) is 6.10. The molecule has 0 spiro atoms. The van der Waals surface area contributed by atoms with Crippen LogP contribution in [0.3, 0.4) is 0 Å². The van der Waals surface area contributed by atoms with Crippen LogP contribution in [-0.2, 0) is 6.42 Å². The van der Waals surface area contributed by atoms with Crippen molar-refractivity contribution in [2.24, 2.45) is 0 Å². The maximum absolute atomic E-state index is 5.52. The summed E-state index contributed by atoms with van der Waals surface area (Å²) in [6.07, 6.45) is 4.02. The van der Waals surface area contributed by atoms with Crippen molar-refractivity contribution >= 4 is 27.3 Å². The van der Waals surface area contributed by atoms with Crippen LogP contribution in [0.4, 0.5) is 11.4 Å². The van der Waals surface area contributed by atoms with Gasteiger partial charge in [0, 0.05) is 23.1 Å². The molecule has 4 nitrogen and oxygen atoms in total. The molecule has 1 aromatic heterocycles. The van der Waals surface area contributed by atoms with Gasteiger partial charge in [0.1, 0.15) is 5.82 Å². The van der Waals surface area contributed by atoms with Crippen LogP contribution in [-0.4, -0.2) is 16.5 Å². The van der Waals surface area contributed by atoms with Crippen molar-refractivity contribution in [2.45, 2.75) is 6.42 Å². The molecule has 17 heavy (non-hydrogen) atoms. The van der Waals surface area contributed by atoms with Crippen molar-refractivity contribution in [3.05, 3.63) is 47.0 Å². The monoisotopic (exact) mass is 292 g/mol. The summed E-state index contributed by atoms with van der Waals surface area (Å²) in [6, 6.07) is 8.00. The standard InChI is InChI=1S/C12H13BrN4/c13-10-3-1-2-4-11(10)15-6-5-12-16-7-9(14)8-17-12/h1-4,7-8,15H,5-6,14H2. The molecule has 0 fully saturated rings. The highest BCUT2D eigenvalue weighted by molar-refractivity contribution is 9.10. The van der Waals surface area contributed by atoms with Crippen molar-refractivity contribution in [1.82, 2.24) is 9.97 Å². The fourth-order valence-electron chi connectivity index (χ4n) is 1.41. The number of benzene rings is 1. The highest BCUT2D eigenvalue weighted by Gasteiger charge is 1.99. The quantitative estimate of drug-likeness (QED) is 0.909. The number of para-hydroxylation sites is 1. The molecular weight excluding hydrogens is 280 g/mol. The van der Waals surface area contributed by atoms with E-state index in [9.17, 15) is 0 Å². The van der Waals surface area contributed by atoms with Crippen molar-refractivity contribution in [1.29, 1.82) is 0 Å². The number of hydrogen-bond acceptors (Lipinski definition) is 4. The maximum atomic E-state index is 5.52. The largest absolute Gasteiger partial charge is 0.396 e. The summed E-state index contributed by atoms with van der Waals surface area (Å²) in [7, 11) is 0. The van der Waals surface area contributed by atoms with E-state index in [0.717, 1.165) is 29.0 Å². The second-order valence-electron chi connectivity index (χ2n) is 3.59. The summed E-state index contributed by atoms with van der Waals surface area (Å²) < 4.78 is 1.05. The number of nitrogen functional groups attached to an aromatic ring is 1. The van der Waals surface area contributed by atoms with E-state index in [1.165, 1.54) is 0 Å². The Labute approximate surface area is 108 Å². The van der Waals surface area contributed by atoms with Gasteiger partial charge in [0.2, 0.25) is 0 Å². The molecule has 0 aliphatic heterocycles. The third kappa shape index (κ3) is 3.42. The molecule has 0 aliphatic carbocycles. The van der Waals surface area contributed by atoms with Crippen LogP contribution in [0.1, 0.15) is 5.82 Å². The van der Waals surface area contributed by atoms with Gasteiger partial charge in [-0.1, -0.05) is 12.1 Å². The number of nitrogens with zero attached hydrogens (tertiary/aromatic N) is 2. The third-order valence-electron chi connectivity index (χ3n) is 2.26. The molecule has 2 rings (SSSR count). The normalized spacial score (nSPS) is 10.2. The lowest BCUT2D eigenvalue weighted by molar-refractivity contribution is 0.895.